The van der Waals surface area contributed by atoms with Crippen LogP contribution in [0, 0.1) is 0 Å². The minimum atomic E-state index is -0.394. The van der Waals surface area contributed by atoms with Crippen molar-refractivity contribution in [3.8, 4) is 0 Å². The molecule has 0 radical (unpaired) electrons. The molecular formula is C22H23BrClN3O3. The van der Waals surface area contributed by atoms with Crippen molar-refractivity contribution in [2.24, 2.45) is 0 Å². The molecule has 6 nitrogen and oxygen atoms in total. The lowest BCUT2D eigenvalue weighted by Gasteiger charge is -2.35. The summed E-state index contributed by atoms with van der Waals surface area (Å²) in [6, 6.07) is 14.0. The van der Waals surface area contributed by atoms with E-state index >= 15 is 0 Å². The Bertz CT molecular complexity index is 927. The first-order valence-corrected chi connectivity index (χ1v) is 10.9. The van der Waals surface area contributed by atoms with Gasteiger partial charge in [-0.25, -0.2) is 0 Å². The number of hydrogen-bond donors (Lipinski definition) is 1. The Morgan fingerprint density at radius 3 is 2.27 bits per heavy atom. The van der Waals surface area contributed by atoms with Crippen LogP contribution in [0.1, 0.15) is 35.3 Å². The molecule has 30 heavy (non-hydrogen) atoms. The second-order valence-electron chi connectivity index (χ2n) is 7.19. The zero-order chi connectivity index (χ0) is 21.7. The molecule has 1 aliphatic heterocycles. The van der Waals surface area contributed by atoms with Gasteiger partial charge in [0.1, 0.15) is 0 Å². The van der Waals surface area contributed by atoms with Crippen LogP contribution in [0.15, 0.2) is 53.0 Å². The van der Waals surface area contributed by atoms with Gasteiger partial charge in [0.2, 0.25) is 11.8 Å². The monoisotopic (exact) mass is 491 g/mol. The van der Waals surface area contributed by atoms with E-state index in [-0.39, 0.29) is 24.1 Å². The van der Waals surface area contributed by atoms with Gasteiger partial charge in [0.05, 0.1) is 12.5 Å². The Morgan fingerprint density at radius 1 is 1.03 bits per heavy atom. The van der Waals surface area contributed by atoms with E-state index in [2.05, 4.69) is 21.2 Å². The van der Waals surface area contributed by atoms with E-state index < -0.39 is 6.04 Å². The number of benzene rings is 2. The van der Waals surface area contributed by atoms with Crippen LogP contribution in [0.4, 0.5) is 0 Å². The Morgan fingerprint density at radius 2 is 1.67 bits per heavy atom. The van der Waals surface area contributed by atoms with Gasteiger partial charge >= 0.3 is 0 Å². The van der Waals surface area contributed by atoms with Gasteiger partial charge in [-0.1, -0.05) is 45.7 Å². The van der Waals surface area contributed by atoms with E-state index in [1.165, 1.54) is 6.92 Å². The highest BCUT2D eigenvalue weighted by atomic mass is 79.9. The molecule has 2 aromatic rings. The van der Waals surface area contributed by atoms with Gasteiger partial charge in [0.25, 0.3) is 5.91 Å². The molecule has 0 saturated carbocycles. The van der Waals surface area contributed by atoms with Gasteiger partial charge in [-0.2, -0.15) is 0 Å². The summed E-state index contributed by atoms with van der Waals surface area (Å²) in [7, 11) is 0. The summed E-state index contributed by atoms with van der Waals surface area (Å²) in [5.74, 6) is -0.324. The van der Waals surface area contributed by atoms with Crippen molar-refractivity contribution in [2.75, 3.05) is 26.2 Å². The van der Waals surface area contributed by atoms with Crippen molar-refractivity contribution in [1.29, 1.82) is 0 Å². The number of halogens is 2. The fourth-order valence-corrected chi connectivity index (χ4v) is 3.91. The number of rotatable bonds is 5. The van der Waals surface area contributed by atoms with Crippen LogP contribution in [-0.4, -0.2) is 53.7 Å². The lowest BCUT2D eigenvalue weighted by Crippen LogP contribution is -2.51. The van der Waals surface area contributed by atoms with Crippen LogP contribution in [0.3, 0.4) is 0 Å². The fraction of sp³-hybridized carbons (Fsp3) is 0.318. The molecule has 0 bridgehead atoms. The molecule has 1 unspecified atom stereocenters. The van der Waals surface area contributed by atoms with Crippen LogP contribution in [0.5, 0.6) is 0 Å². The van der Waals surface area contributed by atoms with Crippen LogP contribution >= 0.6 is 27.5 Å². The average Bonchev–Trinajstić information content (AvgIpc) is 2.73. The predicted octanol–water partition coefficient (Wildman–Crippen LogP) is 3.65. The third kappa shape index (κ3) is 5.83. The van der Waals surface area contributed by atoms with Crippen molar-refractivity contribution in [1.82, 2.24) is 15.1 Å². The van der Waals surface area contributed by atoms with Crippen molar-refractivity contribution in [3.63, 3.8) is 0 Å². The molecule has 1 saturated heterocycles. The summed E-state index contributed by atoms with van der Waals surface area (Å²) in [5.41, 5.74) is 1.42. The number of nitrogens with one attached hydrogen (secondary N) is 1. The number of carbonyl (C=O) groups is 3. The number of piperazine rings is 1. The minimum Gasteiger partial charge on any atom is -0.349 e. The van der Waals surface area contributed by atoms with Gasteiger partial charge in [0, 0.05) is 48.2 Å². The van der Waals surface area contributed by atoms with Gasteiger partial charge in [-0.05, 0) is 35.9 Å². The summed E-state index contributed by atoms with van der Waals surface area (Å²) in [5, 5.41) is 3.38. The Kier molecular flexibility index (Phi) is 7.50. The molecule has 2 aromatic carbocycles. The quantitative estimate of drug-likeness (QED) is 0.693. The molecule has 158 valence electrons. The van der Waals surface area contributed by atoms with Gasteiger partial charge < -0.3 is 15.1 Å². The van der Waals surface area contributed by atoms with Crippen molar-refractivity contribution >= 4 is 45.3 Å². The van der Waals surface area contributed by atoms with Crippen molar-refractivity contribution in [3.05, 3.63) is 69.2 Å². The molecule has 3 rings (SSSR count). The standard InChI is InChI=1S/C22H23BrClN3O3/c1-15(28)25-20(16-5-7-18(23)8-6-16)14-21(29)26-9-11-27(12-10-26)22(30)17-3-2-4-19(24)13-17/h2-8,13,20H,9-12,14H2,1H3,(H,25,28). The van der Waals surface area contributed by atoms with Gasteiger partial charge in [-0.15, -0.1) is 0 Å². The molecule has 1 aliphatic rings. The number of nitrogens with zero attached hydrogens (tertiary/aromatic N) is 2. The maximum atomic E-state index is 12.9. The third-order valence-corrected chi connectivity index (χ3v) is 5.78. The molecule has 1 heterocycles. The number of carbonyl (C=O) groups excluding carboxylic acids is 3. The Labute approximate surface area is 189 Å². The summed E-state index contributed by atoms with van der Waals surface area (Å²) >= 11 is 9.37. The molecular weight excluding hydrogens is 470 g/mol. The van der Waals surface area contributed by atoms with Gasteiger partial charge in [-0.3, -0.25) is 14.4 Å². The fourth-order valence-electron chi connectivity index (χ4n) is 3.46. The van der Waals surface area contributed by atoms with Gasteiger partial charge in [0.15, 0.2) is 0 Å². The van der Waals surface area contributed by atoms with E-state index in [0.717, 1.165) is 10.0 Å². The molecule has 0 aliphatic carbocycles. The van der Waals surface area contributed by atoms with Crippen LogP contribution < -0.4 is 5.32 Å². The SMILES string of the molecule is CC(=O)NC(CC(=O)N1CCN(C(=O)c2cccc(Cl)c2)CC1)c1ccc(Br)cc1. The molecule has 1 atom stereocenters. The third-order valence-electron chi connectivity index (χ3n) is 5.02. The second kappa shape index (κ2) is 10.1. The summed E-state index contributed by atoms with van der Waals surface area (Å²) in [6.45, 7) is 3.27. The van der Waals surface area contributed by atoms with Crippen molar-refractivity contribution < 1.29 is 14.4 Å². The van der Waals surface area contributed by atoms with Crippen LogP contribution in [0.2, 0.25) is 5.02 Å². The topological polar surface area (TPSA) is 69.7 Å². The summed E-state index contributed by atoms with van der Waals surface area (Å²) < 4.78 is 0.930. The first-order chi connectivity index (χ1) is 14.3. The molecule has 8 heteroatoms. The molecule has 1 N–H and O–H groups in total. The Hall–Kier alpha value is -2.38. The Balaban J connectivity index is 1.60. The highest BCUT2D eigenvalue weighted by molar-refractivity contribution is 9.10. The predicted molar refractivity (Wildman–Crippen MR) is 119 cm³/mol. The highest BCUT2D eigenvalue weighted by Crippen LogP contribution is 2.21. The average molecular weight is 493 g/mol. The zero-order valence-corrected chi connectivity index (χ0v) is 18.9. The van der Waals surface area contributed by atoms with Crippen molar-refractivity contribution in [2.45, 2.75) is 19.4 Å². The smallest absolute Gasteiger partial charge is 0.254 e. The lowest BCUT2D eigenvalue weighted by molar-refractivity contribution is -0.133. The molecule has 0 aromatic heterocycles. The first kappa shape index (κ1) is 22.3. The van der Waals surface area contributed by atoms with E-state index in [0.29, 0.717) is 36.8 Å². The zero-order valence-electron chi connectivity index (χ0n) is 16.6. The summed E-state index contributed by atoms with van der Waals surface area (Å²) in [4.78, 5) is 40.6. The normalized spacial score (nSPS) is 14.9. The molecule has 3 amide bonds. The lowest BCUT2D eigenvalue weighted by atomic mass is 10.0. The largest absolute Gasteiger partial charge is 0.349 e. The number of amides is 3. The summed E-state index contributed by atoms with van der Waals surface area (Å²) in [6.07, 6.45) is 0.170. The second-order valence-corrected chi connectivity index (χ2v) is 8.54. The van der Waals surface area contributed by atoms with Crippen LogP contribution in [0.25, 0.3) is 0 Å². The van der Waals surface area contributed by atoms with Crippen LogP contribution in [-0.2, 0) is 9.59 Å². The minimum absolute atomic E-state index is 0.0495. The van der Waals surface area contributed by atoms with E-state index in [1.807, 2.05) is 24.3 Å². The molecule has 1 fully saturated rings. The van der Waals surface area contributed by atoms with E-state index in [4.69, 9.17) is 11.6 Å². The van der Waals surface area contributed by atoms with E-state index in [9.17, 15) is 14.4 Å². The first-order valence-electron chi connectivity index (χ1n) is 9.68. The number of hydrogen-bond acceptors (Lipinski definition) is 3. The molecule has 0 spiro atoms. The van der Waals surface area contributed by atoms with E-state index in [1.54, 1.807) is 34.1 Å². The maximum absolute atomic E-state index is 12.9. The maximum Gasteiger partial charge on any atom is 0.254 e. The highest BCUT2D eigenvalue weighted by Gasteiger charge is 2.27.